The summed E-state index contributed by atoms with van der Waals surface area (Å²) in [6.45, 7) is 2.05. The van der Waals surface area contributed by atoms with Gasteiger partial charge in [0.05, 0.1) is 11.9 Å². The first-order chi connectivity index (χ1) is 9.26. The van der Waals surface area contributed by atoms with Gasteiger partial charge in [-0.1, -0.05) is 31.2 Å². The van der Waals surface area contributed by atoms with Crippen molar-refractivity contribution < 1.29 is 4.79 Å². The summed E-state index contributed by atoms with van der Waals surface area (Å²) in [7, 11) is 0. The molecule has 0 fully saturated rings. The van der Waals surface area contributed by atoms with Crippen molar-refractivity contribution in [2.75, 3.05) is 0 Å². The molecule has 1 N–H and O–H groups in total. The van der Waals surface area contributed by atoms with Crippen LogP contribution in [0, 0.1) is 0 Å². The first-order valence-electron chi connectivity index (χ1n) is 6.60. The number of aromatic nitrogens is 2. The highest BCUT2D eigenvalue weighted by molar-refractivity contribution is 6.02. The molecule has 0 aliphatic heterocycles. The largest absolute Gasteiger partial charge is 0.343 e. The van der Waals surface area contributed by atoms with Crippen LogP contribution in [0.1, 0.15) is 29.6 Å². The molecule has 19 heavy (non-hydrogen) atoms. The van der Waals surface area contributed by atoms with E-state index in [1.165, 1.54) is 5.56 Å². The van der Waals surface area contributed by atoms with E-state index in [9.17, 15) is 4.79 Å². The van der Waals surface area contributed by atoms with Gasteiger partial charge in [0, 0.05) is 24.8 Å². The van der Waals surface area contributed by atoms with Crippen LogP contribution >= 0.6 is 0 Å². The number of nitrogens with zero attached hydrogens (tertiary/aromatic N) is 1. The van der Waals surface area contributed by atoms with Gasteiger partial charge in [-0.25, -0.2) is 4.98 Å². The Morgan fingerprint density at radius 1 is 1.26 bits per heavy atom. The second-order valence-corrected chi connectivity index (χ2v) is 4.85. The van der Waals surface area contributed by atoms with Crippen LogP contribution < -0.4 is 0 Å². The predicted molar refractivity (Wildman–Crippen MR) is 74.8 cm³/mol. The van der Waals surface area contributed by atoms with Crippen molar-refractivity contribution >= 4 is 11.9 Å². The van der Waals surface area contributed by atoms with Gasteiger partial charge in [-0.3, -0.25) is 4.79 Å². The van der Waals surface area contributed by atoms with Crippen LogP contribution in [0.3, 0.4) is 0 Å². The molecular weight excluding hydrogens is 236 g/mol. The Morgan fingerprint density at radius 3 is 2.68 bits per heavy atom. The monoisotopic (exact) mass is 252 g/mol. The summed E-state index contributed by atoms with van der Waals surface area (Å²) in [5.74, 6) is 1.17. The molecule has 1 aliphatic carbocycles. The lowest BCUT2D eigenvalue weighted by Crippen LogP contribution is -2.16. The van der Waals surface area contributed by atoms with E-state index in [0.717, 1.165) is 35.5 Å². The molecule has 0 radical (unpaired) electrons. The van der Waals surface area contributed by atoms with E-state index in [4.69, 9.17) is 0 Å². The second kappa shape index (κ2) is 4.84. The van der Waals surface area contributed by atoms with Crippen LogP contribution in [0.2, 0.25) is 0 Å². The lowest BCUT2D eigenvalue weighted by molar-refractivity contribution is -0.115. The molecule has 0 atom stereocenters. The highest BCUT2D eigenvalue weighted by atomic mass is 16.1. The van der Waals surface area contributed by atoms with E-state index in [1.807, 2.05) is 24.3 Å². The number of hydrogen-bond acceptors (Lipinski definition) is 2. The number of aromatic amines is 1. The van der Waals surface area contributed by atoms with Crippen LogP contribution in [-0.4, -0.2) is 15.8 Å². The van der Waals surface area contributed by atoms with Gasteiger partial charge in [-0.2, -0.15) is 0 Å². The molecular formula is C16H16N2O. The molecule has 0 bridgehead atoms. The Labute approximate surface area is 112 Å². The minimum atomic E-state index is 0.214. The Kier molecular flexibility index (Phi) is 3.03. The lowest BCUT2D eigenvalue weighted by Gasteiger charge is -2.17. The molecule has 0 saturated heterocycles. The molecule has 0 saturated carbocycles. The maximum absolute atomic E-state index is 12.1. The molecule has 1 aliphatic rings. The summed E-state index contributed by atoms with van der Waals surface area (Å²) in [6.07, 6.45) is 5.83. The highest BCUT2D eigenvalue weighted by Gasteiger charge is 2.20. The van der Waals surface area contributed by atoms with Gasteiger partial charge in [0.2, 0.25) is 0 Å². The molecule has 96 valence electrons. The standard InChI is InChI=1S/C16H16N2O/c1-2-16-17-10-14(18-16)8-13-7-11-5-3-4-6-12(11)9-15(13)19/h3-6,8,10H,2,7,9H2,1H3,(H,17,18)/b13-8+. The van der Waals surface area contributed by atoms with Gasteiger partial charge in [-0.15, -0.1) is 0 Å². The van der Waals surface area contributed by atoms with E-state index in [1.54, 1.807) is 6.20 Å². The Balaban J connectivity index is 1.92. The number of ketones is 1. The molecule has 3 nitrogen and oxygen atoms in total. The van der Waals surface area contributed by atoms with Crippen molar-refractivity contribution in [3.05, 3.63) is 58.7 Å². The highest BCUT2D eigenvalue weighted by Crippen LogP contribution is 2.23. The SMILES string of the molecule is CCc1ncc(/C=C2\Cc3ccccc3CC2=O)[nH]1. The number of H-pyrrole nitrogens is 1. The fraction of sp³-hybridized carbons (Fsp3) is 0.250. The van der Waals surface area contributed by atoms with E-state index >= 15 is 0 Å². The summed E-state index contributed by atoms with van der Waals surface area (Å²) >= 11 is 0. The summed E-state index contributed by atoms with van der Waals surface area (Å²) in [5, 5.41) is 0. The lowest BCUT2D eigenvalue weighted by atomic mass is 9.87. The zero-order valence-electron chi connectivity index (χ0n) is 10.9. The molecule has 1 aromatic heterocycles. The minimum absolute atomic E-state index is 0.214. The number of allylic oxidation sites excluding steroid dienone is 1. The molecule has 1 heterocycles. The Bertz CT molecular complexity index is 652. The van der Waals surface area contributed by atoms with Crippen molar-refractivity contribution in [3.63, 3.8) is 0 Å². The first-order valence-corrected chi connectivity index (χ1v) is 6.60. The van der Waals surface area contributed by atoms with Crippen LogP contribution in [0.25, 0.3) is 6.08 Å². The zero-order chi connectivity index (χ0) is 13.2. The summed E-state index contributed by atoms with van der Waals surface area (Å²) in [5.41, 5.74) is 4.19. The number of rotatable bonds is 2. The number of fused-ring (bicyclic) bond motifs is 1. The van der Waals surface area contributed by atoms with Crippen molar-refractivity contribution in [3.8, 4) is 0 Å². The number of hydrogen-bond donors (Lipinski definition) is 1. The van der Waals surface area contributed by atoms with Crippen LogP contribution in [0.4, 0.5) is 0 Å². The summed E-state index contributed by atoms with van der Waals surface area (Å²) in [6, 6.07) is 8.15. The second-order valence-electron chi connectivity index (χ2n) is 4.85. The first kappa shape index (κ1) is 11.9. The van der Waals surface area contributed by atoms with E-state index in [2.05, 4.69) is 23.0 Å². The number of aryl methyl sites for hydroxylation is 1. The van der Waals surface area contributed by atoms with Gasteiger partial charge in [0.25, 0.3) is 0 Å². The predicted octanol–water partition coefficient (Wildman–Crippen LogP) is 2.72. The maximum atomic E-state index is 12.1. The van der Waals surface area contributed by atoms with Gasteiger partial charge >= 0.3 is 0 Å². The van der Waals surface area contributed by atoms with Crippen LogP contribution in [0.5, 0.6) is 0 Å². The van der Waals surface area contributed by atoms with Gasteiger partial charge in [0.15, 0.2) is 5.78 Å². The number of Topliss-reactive ketones (excluding diaryl/α,β-unsaturated/α-hetero) is 1. The summed E-state index contributed by atoms with van der Waals surface area (Å²) in [4.78, 5) is 19.6. The molecule has 2 aromatic rings. The maximum Gasteiger partial charge on any atom is 0.163 e. The quantitative estimate of drug-likeness (QED) is 0.835. The minimum Gasteiger partial charge on any atom is -0.343 e. The molecule has 0 spiro atoms. The third kappa shape index (κ3) is 2.36. The smallest absolute Gasteiger partial charge is 0.163 e. The van der Waals surface area contributed by atoms with Crippen molar-refractivity contribution in [1.29, 1.82) is 0 Å². The number of imidazole rings is 1. The molecule has 0 unspecified atom stereocenters. The van der Waals surface area contributed by atoms with Crippen LogP contribution in [0.15, 0.2) is 36.0 Å². The average Bonchev–Trinajstić information content (AvgIpc) is 2.87. The molecule has 1 aromatic carbocycles. The Morgan fingerprint density at radius 2 is 2.00 bits per heavy atom. The number of nitrogens with one attached hydrogen (secondary N) is 1. The fourth-order valence-electron chi connectivity index (χ4n) is 2.44. The number of benzene rings is 1. The van der Waals surface area contributed by atoms with Gasteiger partial charge in [-0.05, 0) is 17.2 Å². The zero-order valence-corrected chi connectivity index (χ0v) is 10.9. The average molecular weight is 252 g/mol. The Hall–Kier alpha value is -2.16. The number of carbonyl (C=O) groups is 1. The van der Waals surface area contributed by atoms with Crippen molar-refractivity contribution in [2.45, 2.75) is 26.2 Å². The van der Waals surface area contributed by atoms with Gasteiger partial charge < -0.3 is 4.98 Å². The normalized spacial score (nSPS) is 16.7. The molecule has 0 amide bonds. The molecule has 3 heteroatoms. The van der Waals surface area contributed by atoms with Crippen molar-refractivity contribution in [1.82, 2.24) is 9.97 Å². The van der Waals surface area contributed by atoms with E-state index in [-0.39, 0.29) is 5.78 Å². The number of carbonyl (C=O) groups excluding carboxylic acids is 1. The van der Waals surface area contributed by atoms with E-state index in [0.29, 0.717) is 6.42 Å². The van der Waals surface area contributed by atoms with E-state index < -0.39 is 0 Å². The van der Waals surface area contributed by atoms with Crippen LogP contribution in [-0.2, 0) is 24.1 Å². The molecule has 3 rings (SSSR count). The summed E-state index contributed by atoms with van der Waals surface area (Å²) < 4.78 is 0. The third-order valence-corrected chi connectivity index (χ3v) is 3.52. The third-order valence-electron chi connectivity index (χ3n) is 3.52. The fourth-order valence-corrected chi connectivity index (χ4v) is 2.44. The van der Waals surface area contributed by atoms with Crippen molar-refractivity contribution in [2.24, 2.45) is 0 Å². The topological polar surface area (TPSA) is 45.8 Å². The van der Waals surface area contributed by atoms with Gasteiger partial charge in [0.1, 0.15) is 5.82 Å².